The molecule has 2 heterocycles. The summed E-state index contributed by atoms with van der Waals surface area (Å²) >= 11 is 0. The minimum absolute atomic E-state index is 0.0511. The Kier molecular flexibility index (Phi) is 7.43. The van der Waals surface area contributed by atoms with Gasteiger partial charge in [-0.1, -0.05) is 38.1 Å². The summed E-state index contributed by atoms with van der Waals surface area (Å²) in [6.07, 6.45) is 1.43. The number of carbonyl (C=O) groups excluding carboxylic acids is 2. The lowest BCUT2D eigenvalue weighted by Crippen LogP contribution is -2.49. The van der Waals surface area contributed by atoms with Crippen LogP contribution in [0.25, 0.3) is 0 Å². The topological polar surface area (TPSA) is 83.8 Å². The number of rotatable bonds is 8. The molecule has 1 aromatic heterocycles. The van der Waals surface area contributed by atoms with Gasteiger partial charge in [-0.3, -0.25) is 14.5 Å². The third-order valence-corrected chi connectivity index (χ3v) is 4.98. The molecule has 1 unspecified atom stereocenters. The van der Waals surface area contributed by atoms with Crippen LogP contribution in [0.3, 0.4) is 0 Å². The molecule has 1 atom stereocenters. The average molecular weight is 399 g/mol. The summed E-state index contributed by atoms with van der Waals surface area (Å²) in [7, 11) is 0. The van der Waals surface area contributed by atoms with Gasteiger partial charge in [-0.05, 0) is 29.2 Å². The highest BCUT2D eigenvalue weighted by atomic mass is 16.5. The van der Waals surface area contributed by atoms with Crippen molar-refractivity contribution in [2.45, 2.75) is 33.0 Å². The van der Waals surface area contributed by atoms with Crippen molar-refractivity contribution >= 4 is 11.8 Å². The van der Waals surface area contributed by atoms with E-state index in [2.05, 4.69) is 27.7 Å². The molecule has 1 aromatic carbocycles. The van der Waals surface area contributed by atoms with Crippen LogP contribution >= 0.6 is 0 Å². The van der Waals surface area contributed by atoms with Gasteiger partial charge in [0.15, 0.2) is 5.76 Å². The highest BCUT2D eigenvalue weighted by molar-refractivity contribution is 5.95. The second-order valence-electron chi connectivity index (χ2n) is 7.60. The molecule has 1 aliphatic rings. The van der Waals surface area contributed by atoms with E-state index in [-0.39, 0.29) is 17.6 Å². The lowest BCUT2D eigenvalue weighted by Gasteiger charge is -2.26. The fourth-order valence-electron chi connectivity index (χ4n) is 3.23. The van der Waals surface area contributed by atoms with Crippen LogP contribution in [-0.2, 0) is 22.6 Å². The van der Waals surface area contributed by atoms with E-state index in [1.165, 1.54) is 11.8 Å². The van der Waals surface area contributed by atoms with Crippen LogP contribution in [0.5, 0.6) is 0 Å². The number of hydrogen-bond donors (Lipinski definition) is 2. The molecule has 7 heteroatoms. The van der Waals surface area contributed by atoms with Crippen molar-refractivity contribution in [1.29, 1.82) is 0 Å². The van der Waals surface area contributed by atoms with Crippen LogP contribution in [0, 0.1) is 5.92 Å². The van der Waals surface area contributed by atoms with E-state index in [0.29, 0.717) is 6.54 Å². The number of carbonyl (C=O) groups is 2. The highest BCUT2D eigenvalue weighted by Gasteiger charge is 2.25. The number of nitrogens with zero attached hydrogens (tertiary/aromatic N) is 1. The summed E-state index contributed by atoms with van der Waals surface area (Å²) in [5, 5.41) is 5.67. The number of nitrogens with one attached hydrogen (secondary N) is 2. The van der Waals surface area contributed by atoms with Gasteiger partial charge in [0.05, 0.1) is 19.5 Å². The maximum absolute atomic E-state index is 12.6. The van der Waals surface area contributed by atoms with Crippen LogP contribution in [0.4, 0.5) is 0 Å². The fraction of sp³-hybridized carbons (Fsp3) is 0.455. The van der Waals surface area contributed by atoms with Crippen molar-refractivity contribution in [2.75, 3.05) is 26.3 Å². The molecule has 2 N–H and O–H groups in total. The number of amides is 2. The molecule has 2 aromatic rings. The van der Waals surface area contributed by atoms with Crippen molar-refractivity contribution in [3.8, 4) is 0 Å². The van der Waals surface area contributed by atoms with E-state index in [0.717, 1.165) is 38.4 Å². The molecule has 1 saturated heterocycles. The SMILES string of the molecule is CC(C)C(NC(=O)c1ccco1)C(=O)NCc1ccc(CN2CCOCC2)cc1. The van der Waals surface area contributed by atoms with Crippen LogP contribution in [0.15, 0.2) is 47.1 Å². The fourth-order valence-corrected chi connectivity index (χ4v) is 3.23. The molecule has 0 radical (unpaired) electrons. The summed E-state index contributed by atoms with van der Waals surface area (Å²) in [5.74, 6) is -0.460. The van der Waals surface area contributed by atoms with Crippen molar-refractivity contribution in [2.24, 2.45) is 5.92 Å². The second kappa shape index (κ2) is 10.2. The van der Waals surface area contributed by atoms with E-state index in [9.17, 15) is 9.59 Å². The minimum atomic E-state index is -0.631. The van der Waals surface area contributed by atoms with Crippen LogP contribution in [-0.4, -0.2) is 49.1 Å². The Morgan fingerprint density at radius 3 is 2.38 bits per heavy atom. The van der Waals surface area contributed by atoms with Gasteiger partial charge in [0.2, 0.25) is 5.91 Å². The Hall–Kier alpha value is -2.64. The average Bonchev–Trinajstić information content (AvgIpc) is 3.27. The first kappa shape index (κ1) is 21.1. The molecular weight excluding hydrogens is 370 g/mol. The van der Waals surface area contributed by atoms with Crippen LogP contribution in [0.2, 0.25) is 0 Å². The van der Waals surface area contributed by atoms with Crippen molar-refractivity contribution in [3.63, 3.8) is 0 Å². The molecule has 2 amide bonds. The highest BCUT2D eigenvalue weighted by Crippen LogP contribution is 2.10. The summed E-state index contributed by atoms with van der Waals surface area (Å²) in [5.41, 5.74) is 2.26. The first-order valence-corrected chi connectivity index (χ1v) is 10.0. The number of benzene rings is 1. The van der Waals surface area contributed by atoms with Crippen molar-refractivity contribution < 1.29 is 18.7 Å². The number of ether oxygens (including phenoxy) is 1. The van der Waals surface area contributed by atoms with Gasteiger partial charge in [0.1, 0.15) is 6.04 Å². The first-order chi connectivity index (χ1) is 14.0. The first-order valence-electron chi connectivity index (χ1n) is 10.0. The third kappa shape index (κ3) is 6.17. The minimum Gasteiger partial charge on any atom is -0.459 e. The molecule has 0 saturated carbocycles. The van der Waals surface area contributed by atoms with Gasteiger partial charge in [0, 0.05) is 26.2 Å². The monoisotopic (exact) mass is 399 g/mol. The molecule has 0 bridgehead atoms. The van der Waals surface area contributed by atoms with E-state index in [1.807, 2.05) is 26.0 Å². The Labute approximate surface area is 171 Å². The normalized spacial score (nSPS) is 15.8. The van der Waals surface area contributed by atoms with Gasteiger partial charge in [-0.2, -0.15) is 0 Å². The maximum atomic E-state index is 12.6. The lowest BCUT2D eigenvalue weighted by atomic mass is 10.0. The molecule has 0 aliphatic carbocycles. The molecule has 3 rings (SSSR count). The summed E-state index contributed by atoms with van der Waals surface area (Å²) in [6, 6.07) is 10.8. The van der Waals surface area contributed by atoms with E-state index >= 15 is 0 Å². The predicted octanol–water partition coefficient (Wildman–Crippen LogP) is 2.18. The summed E-state index contributed by atoms with van der Waals surface area (Å²) in [4.78, 5) is 27.2. The zero-order valence-corrected chi connectivity index (χ0v) is 17.0. The molecule has 1 fully saturated rings. The molecule has 0 spiro atoms. The van der Waals surface area contributed by atoms with Gasteiger partial charge < -0.3 is 19.8 Å². The third-order valence-electron chi connectivity index (χ3n) is 4.98. The smallest absolute Gasteiger partial charge is 0.287 e. The van der Waals surface area contributed by atoms with Crippen molar-refractivity contribution in [3.05, 3.63) is 59.5 Å². The van der Waals surface area contributed by atoms with Gasteiger partial charge >= 0.3 is 0 Å². The molecule has 29 heavy (non-hydrogen) atoms. The lowest BCUT2D eigenvalue weighted by molar-refractivity contribution is -0.124. The Morgan fingerprint density at radius 1 is 1.07 bits per heavy atom. The molecule has 156 valence electrons. The van der Waals surface area contributed by atoms with E-state index < -0.39 is 11.9 Å². The van der Waals surface area contributed by atoms with E-state index in [4.69, 9.17) is 9.15 Å². The Morgan fingerprint density at radius 2 is 1.76 bits per heavy atom. The number of furan rings is 1. The van der Waals surface area contributed by atoms with Gasteiger partial charge in [-0.25, -0.2) is 0 Å². The van der Waals surface area contributed by atoms with Gasteiger partial charge in [-0.15, -0.1) is 0 Å². The van der Waals surface area contributed by atoms with Gasteiger partial charge in [0.25, 0.3) is 5.91 Å². The zero-order chi connectivity index (χ0) is 20.6. The predicted molar refractivity (Wildman–Crippen MR) is 109 cm³/mol. The molecular formula is C22H29N3O4. The van der Waals surface area contributed by atoms with Crippen LogP contribution < -0.4 is 10.6 Å². The number of hydrogen-bond acceptors (Lipinski definition) is 5. The van der Waals surface area contributed by atoms with Crippen LogP contribution in [0.1, 0.15) is 35.5 Å². The second-order valence-corrected chi connectivity index (χ2v) is 7.60. The molecule has 7 nitrogen and oxygen atoms in total. The zero-order valence-electron chi connectivity index (χ0n) is 17.0. The Balaban J connectivity index is 1.50. The standard InChI is InChI=1S/C22H29N3O4/c1-16(2)20(24-21(26)19-4-3-11-29-19)22(27)23-14-17-5-7-18(8-6-17)15-25-9-12-28-13-10-25/h3-8,11,16,20H,9-10,12-15H2,1-2H3,(H,23,27)(H,24,26). The molecule has 1 aliphatic heterocycles. The van der Waals surface area contributed by atoms with Crippen molar-refractivity contribution in [1.82, 2.24) is 15.5 Å². The largest absolute Gasteiger partial charge is 0.459 e. The summed E-state index contributed by atoms with van der Waals surface area (Å²) < 4.78 is 10.5. The summed E-state index contributed by atoms with van der Waals surface area (Å²) in [6.45, 7) is 8.60. The number of morpholine rings is 1. The maximum Gasteiger partial charge on any atom is 0.287 e. The Bertz CT molecular complexity index is 781. The quantitative estimate of drug-likeness (QED) is 0.711. The van der Waals surface area contributed by atoms with E-state index in [1.54, 1.807) is 12.1 Å².